The van der Waals surface area contributed by atoms with E-state index in [1.165, 1.54) is 29.3 Å². The molecule has 1 saturated carbocycles. The van der Waals surface area contributed by atoms with Crippen LogP contribution in [0.5, 0.6) is 23.0 Å². The third-order valence-electron chi connectivity index (χ3n) is 6.07. The molecule has 0 spiro atoms. The van der Waals surface area contributed by atoms with Crippen molar-refractivity contribution >= 4 is 17.7 Å². The van der Waals surface area contributed by atoms with Gasteiger partial charge < -0.3 is 20.3 Å². The lowest BCUT2D eigenvalue weighted by atomic mass is 9.94. The Morgan fingerprint density at radius 2 is 1.28 bits per heavy atom. The first kappa shape index (κ1) is 24.7. The molecule has 0 atom stereocenters. The number of carboxylic acid groups (broad SMARTS) is 1. The van der Waals surface area contributed by atoms with Gasteiger partial charge >= 0.3 is 5.97 Å². The number of nitrogens with one attached hydrogen (secondary N) is 1. The third-order valence-corrected chi connectivity index (χ3v) is 6.07. The van der Waals surface area contributed by atoms with E-state index in [-0.39, 0.29) is 23.3 Å². The first-order chi connectivity index (χ1) is 17.3. The van der Waals surface area contributed by atoms with Gasteiger partial charge in [0.1, 0.15) is 28.8 Å². The number of carbonyl (C=O) groups excluding carboxylic acids is 1. The minimum Gasteiger partial charge on any atom is -0.478 e. The van der Waals surface area contributed by atoms with E-state index in [1.807, 2.05) is 0 Å². The van der Waals surface area contributed by atoms with Crippen molar-refractivity contribution in [1.29, 1.82) is 5.41 Å². The maximum absolute atomic E-state index is 13.3. The summed E-state index contributed by atoms with van der Waals surface area (Å²) in [6.07, 6.45) is 4.93. The smallest absolute Gasteiger partial charge is 0.335 e. The normalized spacial score (nSPS) is 13.6. The van der Waals surface area contributed by atoms with Gasteiger partial charge in [0.25, 0.3) is 5.91 Å². The first-order valence-corrected chi connectivity index (χ1v) is 11.7. The number of ether oxygens (including phenoxy) is 2. The first-order valence-electron chi connectivity index (χ1n) is 11.7. The van der Waals surface area contributed by atoms with Crippen LogP contribution in [0.2, 0.25) is 0 Å². The van der Waals surface area contributed by atoms with Crippen molar-refractivity contribution < 1.29 is 24.2 Å². The van der Waals surface area contributed by atoms with Gasteiger partial charge in [-0.2, -0.15) is 0 Å². The monoisotopic (exact) mass is 488 g/mol. The van der Waals surface area contributed by atoms with Gasteiger partial charge in [-0.25, -0.2) is 10.6 Å². The van der Waals surface area contributed by atoms with E-state index in [4.69, 9.17) is 31.6 Å². The zero-order valence-corrected chi connectivity index (χ0v) is 19.6. The number of hydrogen-bond donors (Lipinski definition) is 4. The number of nitrogen functional groups attached to an aromatic ring is 1. The standard InChI is InChI=1S/C27H28N4O5/c28-25(29)17-6-10-21(11-7-17)35-23-14-19(26(32)31(30)20-4-2-1-3-5-20)15-24(16-23)36-22-12-8-18(9-13-22)27(33)34/h6-16,20H,1-5,30H2,(H3,28,29)(H,33,34). The number of carboxylic acids is 1. The van der Waals surface area contributed by atoms with E-state index in [9.17, 15) is 9.59 Å². The summed E-state index contributed by atoms with van der Waals surface area (Å²) in [4.78, 5) is 24.4. The maximum atomic E-state index is 13.3. The molecule has 0 saturated heterocycles. The Hall–Kier alpha value is -4.37. The number of hydrazine groups is 1. The second-order valence-electron chi connectivity index (χ2n) is 8.67. The van der Waals surface area contributed by atoms with Gasteiger partial charge in [-0.3, -0.25) is 15.2 Å². The molecule has 0 unspecified atom stereocenters. The van der Waals surface area contributed by atoms with Gasteiger partial charge in [0, 0.05) is 23.2 Å². The summed E-state index contributed by atoms with van der Waals surface area (Å²) in [7, 11) is 0. The van der Waals surface area contributed by atoms with Crippen LogP contribution >= 0.6 is 0 Å². The van der Waals surface area contributed by atoms with E-state index in [1.54, 1.807) is 42.5 Å². The minimum atomic E-state index is -1.04. The lowest BCUT2D eigenvalue weighted by molar-refractivity contribution is 0.0632. The highest BCUT2D eigenvalue weighted by Crippen LogP contribution is 2.32. The SMILES string of the molecule is N=C(N)c1ccc(Oc2cc(Oc3ccc(C(=O)O)cc3)cc(C(=O)N(N)C3CCCCC3)c2)cc1. The number of nitrogens with zero attached hydrogens (tertiary/aromatic N) is 1. The summed E-state index contributed by atoms with van der Waals surface area (Å²) in [5.74, 6) is 6.37. The molecule has 3 aromatic carbocycles. The van der Waals surface area contributed by atoms with Gasteiger partial charge in [-0.05, 0) is 73.5 Å². The molecule has 3 aromatic rings. The van der Waals surface area contributed by atoms with Crippen LogP contribution in [0.3, 0.4) is 0 Å². The lowest BCUT2D eigenvalue weighted by Gasteiger charge is -2.30. The topological polar surface area (TPSA) is 152 Å². The second-order valence-corrected chi connectivity index (χ2v) is 8.67. The van der Waals surface area contributed by atoms with Gasteiger partial charge in [-0.1, -0.05) is 19.3 Å². The van der Waals surface area contributed by atoms with Gasteiger partial charge in [-0.15, -0.1) is 0 Å². The van der Waals surface area contributed by atoms with Crippen molar-refractivity contribution in [2.75, 3.05) is 0 Å². The predicted octanol–water partition coefficient (Wildman–Crippen LogP) is 4.90. The molecule has 0 aliphatic heterocycles. The zero-order valence-electron chi connectivity index (χ0n) is 19.6. The lowest BCUT2D eigenvalue weighted by Crippen LogP contribution is -2.46. The Bertz CT molecular complexity index is 1170. The van der Waals surface area contributed by atoms with E-state index >= 15 is 0 Å². The molecule has 1 fully saturated rings. The summed E-state index contributed by atoms with van der Waals surface area (Å²) in [6.45, 7) is 0. The van der Waals surface area contributed by atoms with Crippen molar-refractivity contribution in [1.82, 2.24) is 5.01 Å². The summed E-state index contributed by atoms with van der Waals surface area (Å²) >= 11 is 0. The number of hydrogen-bond acceptors (Lipinski definition) is 6. The van der Waals surface area contributed by atoms with Gasteiger partial charge in [0.2, 0.25) is 0 Å². The summed E-state index contributed by atoms with van der Waals surface area (Å²) in [6, 6.07) is 17.4. The fourth-order valence-electron chi connectivity index (χ4n) is 4.13. The van der Waals surface area contributed by atoms with Crippen molar-refractivity contribution in [2.45, 2.75) is 38.1 Å². The van der Waals surface area contributed by atoms with E-state index in [2.05, 4.69) is 0 Å². The van der Waals surface area contributed by atoms with Crippen molar-refractivity contribution in [3.05, 3.63) is 83.4 Å². The molecule has 4 rings (SSSR count). The minimum absolute atomic E-state index is 0.0251. The number of benzene rings is 3. The zero-order chi connectivity index (χ0) is 25.7. The van der Waals surface area contributed by atoms with Crippen molar-refractivity contribution in [2.24, 2.45) is 11.6 Å². The molecule has 36 heavy (non-hydrogen) atoms. The Balaban J connectivity index is 1.63. The Morgan fingerprint density at radius 3 is 1.75 bits per heavy atom. The molecule has 0 radical (unpaired) electrons. The average molecular weight is 489 g/mol. The predicted molar refractivity (Wildman–Crippen MR) is 135 cm³/mol. The Labute approximate surface area is 208 Å². The van der Waals surface area contributed by atoms with Crippen molar-refractivity contribution in [3.8, 4) is 23.0 Å². The highest BCUT2D eigenvalue weighted by atomic mass is 16.5. The molecule has 9 nitrogen and oxygen atoms in total. The molecule has 9 heteroatoms. The van der Waals surface area contributed by atoms with Gasteiger partial charge in [0.15, 0.2) is 0 Å². The van der Waals surface area contributed by atoms with Crippen LogP contribution in [0.1, 0.15) is 58.4 Å². The molecule has 1 aliphatic rings. The van der Waals surface area contributed by atoms with Crippen LogP contribution in [0.4, 0.5) is 0 Å². The quantitative estimate of drug-likeness (QED) is 0.116. The van der Waals surface area contributed by atoms with E-state index < -0.39 is 5.97 Å². The fourth-order valence-corrected chi connectivity index (χ4v) is 4.13. The van der Waals surface area contributed by atoms with E-state index in [0.717, 1.165) is 32.1 Å². The number of nitrogens with two attached hydrogens (primary N) is 2. The molecule has 0 heterocycles. The van der Waals surface area contributed by atoms with Crippen LogP contribution in [-0.4, -0.2) is 33.9 Å². The number of amidine groups is 1. The van der Waals surface area contributed by atoms with Crippen LogP contribution < -0.4 is 21.1 Å². The number of amides is 1. The molecule has 0 bridgehead atoms. The molecule has 0 aromatic heterocycles. The van der Waals surface area contributed by atoms with Gasteiger partial charge in [0.05, 0.1) is 5.56 Å². The second kappa shape index (κ2) is 10.9. The fraction of sp³-hybridized carbons (Fsp3) is 0.222. The molecule has 6 N–H and O–H groups in total. The third kappa shape index (κ3) is 6.00. The summed E-state index contributed by atoms with van der Waals surface area (Å²) < 4.78 is 11.9. The molecule has 1 aliphatic carbocycles. The Morgan fingerprint density at radius 1 is 0.778 bits per heavy atom. The summed E-state index contributed by atoms with van der Waals surface area (Å²) in [5, 5.41) is 17.9. The molecule has 1 amide bonds. The summed E-state index contributed by atoms with van der Waals surface area (Å²) in [5.41, 5.74) is 6.52. The number of rotatable bonds is 8. The number of carbonyl (C=O) groups is 2. The largest absolute Gasteiger partial charge is 0.478 e. The molecular formula is C27H28N4O5. The van der Waals surface area contributed by atoms with Crippen LogP contribution in [0.15, 0.2) is 66.7 Å². The number of aromatic carboxylic acids is 1. The Kier molecular flexibility index (Phi) is 7.50. The molecular weight excluding hydrogens is 460 g/mol. The van der Waals surface area contributed by atoms with Crippen LogP contribution in [0, 0.1) is 5.41 Å². The highest BCUT2D eigenvalue weighted by molar-refractivity contribution is 5.95. The van der Waals surface area contributed by atoms with E-state index in [0.29, 0.717) is 34.1 Å². The molecule has 186 valence electrons. The average Bonchev–Trinajstić information content (AvgIpc) is 2.89. The van der Waals surface area contributed by atoms with Crippen LogP contribution in [-0.2, 0) is 0 Å². The maximum Gasteiger partial charge on any atom is 0.335 e. The van der Waals surface area contributed by atoms with Crippen molar-refractivity contribution in [3.63, 3.8) is 0 Å². The highest BCUT2D eigenvalue weighted by Gasteiger charge is 2.25. The van der Waals surface area contributed by atoms with Crippen LogP contribution in [0.25, 0.3) is 0 Å².